The molecule has 4 N–H and O–H groups in total. The second-order valence-electron chi connectivity index (χ2n) is 6.30. The lowest BCUT2D eigenvalue weighted by atomic mass is 10.3. The van der Waals surface area contributed by atoms with Crippen molar-refractivity contribution >= 4 is 28.9 Å². The van der Waals surface area contributed by atoms with E-state index in [-0.39, 0.29) is 10.8 Å². The Labute approximate surface area is 151 Å². The van der Waals surface area contributed by atoms with Crippen LogP contribution in [0.5, 0.6) is 5.88 Å². The SMILES string of the molecule is CC(O)CNc1cc(=NC2CC2)n2nc/c(=C/c3sc(=O)[nH]c3O)c2n1. The van der Waals surface area contributed by atoms with Gasteiger partial charge in [-0.25, -0.2) is 4.98 Å². The number of fused-ring (bicyclic) bond motifs is 1. The van der Waals surface area contributed by atoms with Gasteiger partial charge in [0, 0.05) is 17.8 Å². The summed E-state index contributed by atoms with van der Waals surface area (Å²) in [7, 11) is 0. The van der Waals surface area contributed by atoms with E-state index < -0.39 is 6.10 Å². The van der Waals surface area contributed by atoms with Crippen LogP contribution in [0.1, 0.15) is 24.6 Å². The molecular weight excluding hydrogens is 356 g/mol. The Kier molecular flexibility index (Phi) is 4.21. The number of aliphatic hydroxyl groups is 1. The van der Waals surface area contributed by atoms with Gasteiger partial charge in [-0.3, -0.25) is 14.8 Å². The van der Waals surface area contributed by atoms with E-state index in [2.05, 4.69) is 25.4 Å². The largest absolute Gasteiger partial charge is 0.493 e. The predicted molar refractivity (Wildman–Crippen MR) is 97.1 cm³/mol. The van der Waals surface area contributed by atoms with Crippen LogP contribution < -0.4 is 20.9 Å². The van der Waals surface area contributed by atoms with Crippen LogP contribution in [0.25, 0.3) is 11.7 Å². The Hall–Kier alpha value is -2.72. The van der Waals surface area contributed by atoms with Crippen molar-refractivity contribution in [3.8, 4) is 5.88 Å². The van der Waals surface area contributed by atoms with E-state index in [0.29, 0.717) is 39.6 Å². The van der Waals surface area contributed by atoms with Crippen molar-refractivity contribution in [1.82, 2.24) is 19.6 Å². The summed E-state index contributed by atoms with van der Waals surface area (Å²) in [6.45, 7) is 2.05. The first-order chi connectivity index (χ1) is 12.5. The normalized spacial score (nSPS) is 17.2. The van der Waals surface area contributed by atoms with Crippen molar-refractivity contribution in [2.45, 2.75) is 31.9 Å². The van der Waals surface area contributed by atoms with Crippen LogP contribution in [0.15, 0.2) is 22.1 Å². The molecule has 0 spiro atoms. The minimum Gasteiger partial charge on any atom is -0.493 e. The third kappa shape index (κ3) is 3.46. The van der Waals surface area contributed by atoms with Gasteiger partial charge in [-0.15, -0.1) is 0 Å². The molecule has 1 aliphatic carbocycles. The van der Waals surface area contributed by atoms with Crippen LogP contribution in [-0.4, -0.2) is 48.5 Å². The Morgan fingerprint density at radius 3 is 3.04 bits per heavy atom. The Morgan fingerprint density at radius 1 is 1.58 bits per heavy atom. The molecule has 10 heteroatoms. The zero-order valence-electron chi connectivity index (χ0n) is 14.0. The zero-order valence-corrected chi connectivity index (χ0v) is 14.8. The maximum atomic E-state index is 11.4. The number of aromatic hydroxyl groups is 1. The lowest BCUT2D eigenvalue weighted by molar-refractivity contribution is 0.208. The molecule has 0 saturated heterocycles. The number of anilines is 1. The summed E-state index contributed by atoms with van der Waals surface area (Å²) in [6.07, 6.45) is 4.89. The van der Waals surface area contributed by atoms with Gasteiger partial charge >= 0.3 is 4.87 Å². The number of H-pyrrole nitrogens is 1. The molecule has 1 saturated carbocycles. The number of aliphatic hydroxyl groups excluding tert-OH is 1. The molecule has 1 atom stereocenters. The molecule has 0 aliphatic heterocycles. The molecule has 1 aliphatic rings. The van der Waals surface area contributed by atoms with Gasteiger partial charge in [0.25, 0.3) is 0 Å². The summed E-state index contributed by atoms with van der Waals surface area (Å²) < 4.78 is 1.64. The van der Waals surface area contributed by atoms with Gasteiger partial charge in [0.1, 0.15) is 5.82 Å². The lowest BCUT2D eigenvalue weighted by Gasteiger charge is -2.08. The molecule has 1 fully saturated rings. The average Bonchev–Trinajstić information content (AvgIpc) is 3.22. The highest BCUT2D eigenvalue weighted by molar-refractivity contribution is 7.10. The highest BCUT2D eigenvalue weighted by Crippen LogP contribution is 2.22. The van der Waals surface area contributed by atoms with E-state index in [9.17, 15) is 15.0 Å². The van der Waals surface area contributed by atoms with Crippen LogP contribution >= 0.6 is 11.3 Å². The molecule has 0 aromatic carbocycles. The maximum absolute atomic E-state index is 11.4. The van der Waals surface area contributed by atoms with E-state index >= 15 is 0 Å². The van der Waals surface area contributed by atoms with E-state index in [1.54, 1.807) is 29.8 Å². The van der Waals surface area contributed by atoms with Crippen molar-refractivity contribution in [2.75, 3.05) is 11.9 Å². The molecule has 136 valence electrons. The molecular formula is C16H18N6O3S. The molecule has 26 heavy (non-hydrogen) atoms. The van der Waals surface area contributed by atoms with Crippen LogP contribution in [0.2, 0.25) is 0 Å². The summed E-state index contributed by atoms with van der Waals surface area (Å²) in [5.74, 6) is 0.407. The molecule has 0 radical (unpaired) electrons. The van der Waals surface area contributed by atoms with Gasteiger partial charge in [0.2, 0.25) is 5.88 Å². The molecule has 1 unspecified atom stereocenters. The first-order valence-corrected chi connectivity index (χ1v) is 9.09. The van der Waals surface area contributed by atoms with Crippen molar-refractivity contribution in [2.24, 2.45) is 4.99 Å². The van der Waals surface area contributed by atoms with Crippen molar-refractivity contribution < 1.29 is 10.2 Å². The fourth-order valence-corrected chi connectivity index (χ4v) is 3.14. The van der Waals surface area contributed by atoms with Gasteiger partial charge < -0.3 is 15.5 Å². The standard InChI is InChI=1S/C16H18N6O3S/c1-8(23)6-17-12-5-13(19-10-2-3-10)22-14(20-12)9(7-18-22)4-11-15(24)21-16(25)26-11/h4-5,7-8,10,17,23-24H,2-3,6H2,1H3,(H,21,25)/b9-4-,19-13?. The second kappa shape index (κ2) is 6.54. The van der Waals surface area contributed by atoms with E-state index in [1.807, 2.05) is 0 Å². The molecule has 3 heterocycles. The third-order valence-corrected chi connectivity index (χ3v) is 4.68. The van der Waals surface area contributed by atoms with Crippen molar-refractivity contribution in [1.29, 1.82) is 0 Å². The Bertz CT molecular complexity index is 1130. The minimum atomic E-state index is -0.512. The molecule has 3 aromatic heterocycles. The van der Waals surface area contributed by atoms with Crippen LogP contribution in [0.3, 0.4) is 0 Å². The van der Waals surface area contributed by atoms with Gasteiger partial charge in [-0.2, -0.15) is 9.61 Å². The zero-order chi connectivity index (χ0) is 18.3. The van der Waals surface area contributed by atoms with Gasteiger partial charge in [-0.1, -0.05) is 11.3 Å². The number of thiazole rings is 1. The molecule has 0 amide bonds. The Balaban J connectivity index is 1.88. The summed E-state index contributed by atoms with van der Waals surface area (Å²) in [4.78, 5) is 23.0. The monoisotopic (exact) mass is 374 g/mol. The van der Waals surface area contributed by atoms with Gasteiger partial charge in [-0.05, 0) is 25.8 Å². The molecule has 0 bridgehead atoms. The number of nitrogens with one attached hydrogen (secondary N) is 2. The smallest absolute Gasteiger partial charge is 0.307 e. The Morgan fingerprint density at radius 2 is 2.38 bits per heavy atom. The quantitative estimate of drug-likeness (QED) is 0.481. The third-order valence-electron chi connectivity index (χ3n) is 3.86. The number of aromatic nitrogens is 4. The van der Waals surface area contributed by atoms with Gasteiger partial charge in [0.05, 0.1) is 23.2 Å². The molecule has 3 aromatic rings. The summed E-state index contributed by atoms with van der Waals surface area (Å²) >= 11 is 0.911. The lowest BCUT2D eigenvalue weighted by Crippen LogP contribution is -2.22. The number of nitrogens with zero attached hydrogens (tertiary/aromatic N) is 4. The fraction of sp³-hybridized carbons (Fsp3) is 0.375. The first-order valence-electron chi connectivity index (χ1n) is 8.28. The van der Waals surface area contributed by atoms with Crippen molar-refractivity contribution in [3.63, 3.8) is 0 Å². The number of aromatic amines is 1. The topological polar surface area (TPSA) is 128 Å². The number of rotatable bonds is 5. The highest BCUT2D eigenvalue weighted by Gasteiger charge is 2.20. The fourth-order valence-electron chi connectivity index (χ4n) is 2.46. The first kappa shape index (κ1) is 16.7. The van der Waals surface area contributed by atoms with E-state index in [4.69, 9.17) is 0 Å². The second-order valence-corrected chi connectivity index (χ2v) is 7.31. The van der Waals surface area contributed by atoms with Crippen LogP contribution in [0, 0.1) is 0 Å². The van der Waals surface area contributed by atoms with Crippen LogP contribution in [-0.2, 0) is 0 Å². The minimum absolute atomic E-state index is 0.175. The highest BCUT2D eigenvalue weighted by atomic mass is 32.1. The van der Waals surface area contributed by atoms with E-state index in [0.717, 1.165) is 24.2 Å². The number of hydrogen-bond acceptors (Lipinski definition) is 8. The predicted octanol–water partition coefficient (Wildman–Crippen LogP) is -0.412. The van der Waals surface area contributed by atoms with Crippen molar-refractivity contribution in [3.05, 3.63) is 37.5 Å². The summed E-state index contributed by atoms with van der Waals surface area (Å²) in [6, 6.07) is 2.11. The maximum Gasteiger partial charge on any atom is 0.307 e. The summed E-state index contributed by atoms with van der Waals surface area (Å²) in [5, 5.41) is 27.4. The van der Waals surface area contributed by atoms with Crippen LogP contribution in [0.4, 0.5) is 5.82 Å². The summed E-state index contributed by atoms with van der Waals surface area (Å²) in [5.41, 5.74) is 1.23. The molecule has 4 rings (SSSR count). The number of hydrogen-bond donors (Lipinski definition) is 4. The van der Waals surface area contributed by atoms with Gasteiger partial charge in [0.15, 0.2) is 11.1 Å². The molecule has 9 nitrogen and oxygen atoms in total. The average molecular weight is 374 g/mol. The van der Waals surface area contributed by atoms with E-state index in [1.165, 1.54) is 0 Å².